The number of urea groups is 1. The Kier molecular flexibility index (Phi) is 17.8. The van der Waals surface area contributed by atoms with Crippen molar-refractivity contribution in [3.63, 3.8) is 0 Å². The number of esters is 2. The van der Waals surface area contributed by atoms with Gasteiger partial charge in [0.1, 0.15) is 30.0 Å². The molecule has 0 unspecified atom stereocenters. The van der Waals surface area contributed by atoms with E-state index in [0.29, 0.717) is 35.4 Å². The van der Waals surface area contributed by atoms with Gasteiger partial charge in [-0.05, 0) is 86.1 Å². The molecule has 17 heteroatoms. The number of aromatic nitrogens is 2. The van der Waals surface area contributed by atoms with Crippen LogP contribution in [0.3, 0.4) is 0 Å². The van der Waals surface area contributed by atoms with Gasteiger partial charge in [-0.1, -0.05) is 106 Å². The summed E-state index contributed by atoms with van der Waals surface area (Å²) in [6, 6.07) is 27.4. The number of carbonyl (C=O) groups excluding carboxylic acids is 3. The van der Waals surface area contributed by atoms with Crippen molar-refractivity contribution < 1.29 is 43.4 Å². The number of nitrogen functional groups attached to an aromatic ring is 1. The molecule has 354 valence electrons. The zero-order valence-corrected chi connectivity index (χ0v) is 39.1. The minimum atomic E-state index is -3.87. The van der Waals surface area contributed by atoms with Crippen molar-refractivity contribution in [2.45, 2.75) is 116 Å². The van der Waals surface area contributed by atoms with Crippen LogP contribution < -0.4 is 20.6 Å². The number of H-pyrrole nitrogens is 1. The Balaban J connectivity index is 1.31. The summed E-state index contributed by atoms with van der Waals surface area (Å²) in [7, 11) is -3.87. The van der Waals surface area contributed by atoms with Crippen LogP contribution in [0.2, 0.25) is 0 Å². The third kappa shape index (κ3) is 13.2. The van der Waals surface area contributed by atoms with Gasteiger partial charge in [-0.3, -0.25) is 19.3 Å². The Morgan fingerprint density at radius 2 is 1.24 bits per heavy atom. The van der Waals surface area contributed by atoms with Crippen LogP contribution in [0, 0.1) is 0 Å². The van der Waals surface area contributed by atoms with Crippen molar-refractivity contribution >= 4 is 42.1 Å². The number of benzene rings is 4. The van der Waals surface area contributed by atoms with E-state index in [-0.39, 0.29) is 39.1 Å². The minimum Gasteiger partial charge on any atom is -0.483 e. The maximum Gasteiger partial charge on any atom is 0.323 e. The molecule has 1 saturated heterocycles. The molecule has 2 amide bonds. The Hall–Kier alpha value is -5.77. The van der Waals surface area contributed by atoms with Crippen LogP contribution in [0.5, 0.6) is 5.75 Å². The van der Waals surface area contributed by atoms with E-state index in [2.05, 4.69) is 20.4 Å². The first-order chi connectivity index (χ1) is 31.8. The molecule has 16 nitrogen and oxygen atoms in total. The van der Waals surface area contributed by atoms with E-state index in [1.54, 1.807) is 28.0 Å². The van der Waals surface area contributed by atoms with Crippen LogP contribution in [0.15, 0.2) is 103 Å². The summed E-state index contributed by atoms with van der Waals surface area (Å²) in [6.07, 6.45) is 0.321. The summed E-state index contributed by atoms with van der Waals surface area (Å²) in [5, 5.41) is 37.9. The second kappa shape index (κ2) is 23.6. The minimum absolute atomic E-state index is 0.00495. The molecule has 5 aromatic rings. The van der Waals surface area contributed by atoms with Crippen molar-refractivity contribution in [3.8, 4) is 5.75 Å². The average Bonchev–Trinajstić information content (AvgIpc) is 3.67. The van der Waals surface area contributed by atoms with Gasteiger partial charge in [0.2, 0.25) is 7.44 Å². The van der Waals surface area contributed by atoms with E-state index in [0.717, 1.165) is 35.0 Å². The number of hydrogen-bond donors (Lipinski definition) is 6. The van der Waals surface area contributed by atoms with Crippen LogP contribution in [0.4, 0.5) is 10.6 Å². The van der Waals surface area contributed by atoms with E-state index in [4.69, 9.17) is 19.9 Å². The second-order valence-electron chi connectivity index (χ2n) is 16.9. The second-order valence-corrected chi connectivity index (χ2v) is 19.2. The molecule has 0 bridgehead atoms. The zero-order valence-electron chi connectivity index (χ0n) is 38.2. The molecule has 0 aliphatic carbocycles. The Labute approximate surface area is 386 Å². The highest BCUT2D eigenvalue weighted by atomic mass is 31.2. The predicted molar refractivity (Wildman–Crippen MR) is 253 cm³/mol. The van der Waals surface area contributed by atoms with Crippen LogP contribution in [0.1, 0.15) is 75.6 Å². The van der Waals surface area contributed by atoms with E-state index >= 15 is 4.79 Å². The number of nitrogens with two attached hydrogens (primary N) is 1. The Morgan fingerprint density at radius 3 is 1.76 bits per heavy atom. The quantitative estimate of drug-likeness (QED) is 0.0228. The zero-order chi connectivity index (χ0) is 47.2. The van der Waals surface area contributed by atoms with E-state index in [1.165, 1.54) is 13.8 Å². The summed E-state index contributed by atoms with van der Waals surface area (Å²) in [5.74, 6) is -0.591. The fourth-order valence-electron chi connectivity index (χ4n) is 8.01. The molecule has 7 N–H and O–H groups in total. The fraction of sp³-hybridized carbons (Fsp3) is 0.429. The van der Waals surface area contributed by atoms with Crippen LogP contribution in [-0.4, -0.2) is 104 Å². The number of hydrogen-bond acceptors (Lipinski definition) is 11. The number of aromatic amines is 1. The van der Waals surface area contributed by atoms with Crippen LogP contribution in [0.25, 0.3) is 10.9 Å². The molecule has 6 atom stereocenters. The van der Waals surface area contributed by atoms with Gasteiger partial charge in [-0.25, -0.2) is 15.0 Å². The summed E-state index contributed by atoms with van der Waals surface area (Å²) in [5.41, 5.74) is 10.0. The number of fused-ring (bicyclic) bond motifs is 1. The normalized spacial score (nSPS) is 18.7. The van der Waals surface area contributed by atoms with Gasteiger partial charge < -0.3 is 40.0 Å². The molecule has 0 radical (unpaired) electrons. The lowest BCUT2D eigenvalue weighted by molar-refractivity contribution is -0.145. The molecular weight excluding hydrogens is 862 g/mol. The number of amides is 2. The first-order valence-corrected chi connectivity index (χ1v) is 24.6. The van der Waals surface area contributed by atoms with Crippen molar-refractivity contribution in [1.82, 2.24) is 30.2 Å². The largest absolute Gasteiger partial charge is 0.483 e. The molecule has 6 rings (SSSR count). The number of nitrogens with one attached hydrogen (secondary N) is 3. The lowest BCUT2D eigenvalue weighted by Crippen LogP contribution is -2.50. The number of rotatable bonds is 23. The van der Waals surface area contributed by atoms with Gasteiger partial charge in [0.25, 0.3) is 0 Å². The third-order valence-electron chi connectivity index (χ3n) is 11.7. The van der Waals surface area contributed by atoms with Crippen molar-refractivity contribution in [2.75, 3.05) is 25.3 Å². The molecule has 1 aliphatic rings. The molecule has 0 spiro atoms. The maximum absolute atomic E-state index is 15.4. The number of carbonyl (C=O) groups is 3. The van der Waals surface area contributed by atoms with Gasteiger partial charge >= 0.3 is 18.0 Å². The Morgan fingerprint density at radius 1 is 0.742 bits per heavy atom. The molecule has 66 heavy (non-hydrogen) atoms. The summed E-state index contributed by atoms with van der Waals surface area (Å²) >= 11 is 0. The fourth-order valence-corrected chi connectivity index (χ4v) is 10.0. The average molecular weight is 926 g/mol. The van der Waals surface area contributed by atoms with E-state index in [9.17, 15) is 24.4 Å². The summed E-state index contributed by atoms with van der Waals surface area (Å²) in [6.45, 7) is 7.52. The molecule has 0 saturated carbocycles. The van der Waals surface area contributed by atoms with Gasteiger partial charge in [0.05, 0.1) is 30.8 Å². The lowest BCUT2D eigenvalue weighted by Gasteiger charge is -2.36. The third-order valence-corrected chi connectivity index (χ3v) is 13.8. The topological polar surface area (TPSA) is 222 Å². The molecule has 4 aromatic carbocycles. The molecule has 1 aromatic heterocycles. The SMILES string of the molecule is CCCCOC(=O)[C@H](C)NP(=O)(COc1cccc(CN2C(=O)N(Cc3ccc4[nH]nc(N)c4c3)[C@H](Cc3ccccc3)[C@H](O)[C@@H](O)[C@H]2Cc2ccccc2)c1)N[C@@H](C)C(=O)OCCCC. The molecule has 1 fully saturated rings. The highest BCUT2D eigenvalue weighted by Crippen LogP contribution is 2.39. The first-order valence-electron chi connectivity index (χ1n) is 22.7. The predicted octanol–water partition coefficient (Wildman–Crippen LogP) is 6.70. The summed E-state index contributed by atoms with van der Waals surface area (Å²) < 4.78 is 31.5. The van der Waals surface area contributed by atoms with Crippen molar-refractivity contribution in [3.05, 3.63) is 125 Å². The highest BCUT2D eigenvalue weighted by Gasteiger charge is 2.46. The summed E-state index contributed by atoms with van der Waals surface area (Å²) in [4.78, 5) is 44.4. The molecular formula is C49H64N7O9P. The highest BCUT2D eigenvalue weighted by molar-refractivity contribution is 7.59. The molecule has 1 aliphatic heterocycles. The van der Waals surface area contributed by atoms with Crippen molar-refractivity contribution in [1.29, 1.82) is 0 Å². The first kappa shape index (κ1) is 49.7. The number of aliphatic hydroxyl groups excluding tert-OH is 2. The van der Waals surface area contributed by atoms with Gasteiger partial charge in [0.15, 0.2) is 12.2 Å². The Bertz CT molecular complexity index is 2370. The van der Waals surface area contributed by atoms with E-state index < -0.39 is 68.1 Å². The van der Waals surface area contributed by atoms with E-state index in [1.807, 2.05) is 98.8 Å². The maximum atomic E-state index is 15.4. The van der Waals surface area contributed by atoms with Crippen molar-refractivity contribution in [2.24, 2.45) is 0 Å². The standard InChI is InChI=1S/C49H64N7O9P/c1-5-7-24-63-47(59)33(3)53-66(62,54-34(4)48(60)64-25-8-6-2)32-65-39-21-15-20-37(26-39)30-55-42(28-35-16-11-9-12-17-35)44(57)45(58)43(29-36-18-13-10-14-19-36)56(49(55)61)31-38-22-23-41-40(27-38)46(50)52-51-41/h9-23,26-27,33-34,42-45,57-58H,5-8,24-25,28-32H2,1-4H3,(H3,50,51,52)(H2,53,54,62)/t33-,34-,42+,43+,44-,45-/m0/s1. The monoisotopic (exact) mass is 925 g/mol. The van der Waals surface area contributed by atoms with Gasteiger partial charge in [0, 0.05) is 18.5 Å². The van der Waals surface area contributed by atoms with Gasteiger partial charge in [-0.15, -0.1) is 0 Å². The number of ether oxygens (including phenoxy) is 3. The smallest absolute Gasteiger partial charge is 0.323 e. The number of nitrogens with zero attached hydrogens (tertiary/aromatic N) is 3. The van der Waals surface area contributed by atoms with Crippen LogP contribution >= 0.6 is 7.44 Å². The number of anilines is 1. The number of unbranched alkanes of at least 4 members (excludes halogenated alkanes) is 2. The molecule has 2 heterocycles. The van der Waals surface area contributed by atoms with Gasteiger partial charge in [-0.2, -0.15) is 5.10 Å². The van der Waals surface area contributed by atoms with Crippen LogP contribution in [-0.2, 0) is 49.6 Å². The lowest BCUT2D eigenvalue weighted by atomic mass is 9.91. The number of aliphatic hydroxyl groups is 2.